The summed E-state index contributed by atoms with van der Waals surface area (Å²) in [6.07, 6.45) is 1.19. The predicted octanol–water partition coefficient (Wildman–Crippen LogP) is 4.83. The highest BCUT2D eigenvalue weighted by atomic mass is 32.1. The minimum atomic E-state index is -0.0379. The molecule has 166 valence electrons. The van der Waals surface area contributed by atoms with E-state index in [1.54, 1.807) is 16.2 Å². The molecule has 1 aliphatic rings. The second-order valence-corrected chi connectivity index (χ2v) is 9.30. The maximum Gasteiger partial charge on any atom is 0.227 e. The van der Waals surface area contributed by atoms with E-state index >= 15 is 0 Å². The van der Waals surface area contributed by atoms with E-state index in [-0.39, 0.29) is 24.7 Å². The molecule has 0 unspecified atom stereocenters. The number of nitrogens with zero attached hydrogens (tertiary/aromatic N) is 2. The Balaban J connectivity index is 1.39. The number of hydrogen-bond acceptors (Lipinski definition) is 4. The van der Waals surface area contributed by atoms with Crippen LogP contribution in [0.3, 0.4) is 0 Å². The van der Waals surface area contributed by atoms with E-state index in [9.17, 15) is 9.59 Å². The molecular weight excluding hydrogens is 420 g/mol. The van der Waals surface area contributed by atoms with Crippen LogP contribution in [0, 0.1) is 6.92 Å². The van der Waals surface area contributed by atoms with Crippen LogP contribution in [0.1, 0.15) is 28.2 Å². The number of carbonyl (C=O) groups excluding carboxylic acids is 2. The monoisotopic (exact) mass is 448 g/mol. The van der Waals surface area contributed by atoms with Crippen molar-refractivity contribution in [3.05, 3.63) is 82.0 Å². The van der Waals surface area contributed by atoms with Crippen LogP contribution in [-0.2, 0) is 22.6 Å². The number of thiophene rings is 1. The van der Waals surface area contributed by atoms with Crippen molar-refractivity contribution in [2.45, 2.75) is 32.7 Å². The molecular formula is C26H28N2O3S. The van der Waals surface area contributed by atoms with Gasteiger partial charge in [0.25, 0.3) is 0 Å². The first-order chi connectivity index (χ1) is 15.6. The Kier molecular flexibility index (Phi) is 7.22. The summed E-state index contributed by atoms with van der Waals surface area (Å²) in [5, 5.41) is 0. The number of rotatable bonds is 8. The summed E-state index contributed by atoms with van der Waals surface area (Å²) in [6, 6.07) is 21.9. The van der Waals surface area contributed by atoms with Crippen molar-refractivity contribution in [3.63, 3.8) is 0 Å². The smallest absolute Gasteiger partial charge is 0.227 e. The summed E-state index contributed by atoms with van der Waals surface area (Å²) in [5.74, 6) is 0.696. The minimum absolute atomic E-state index is 0.0156. The van der Waals surface area contributed by atoms with E-state index in [4.69, 9.17) is 4.74 Å². The standard InChI is InChI=1S/C26H28N2O3S/c1-20-11-12-22(32-20)19-27(16-15-21-7-3-2-4-8-21)25(29)13-14-26(30)28-17-18-31-24-10-6-5-9-23(24)28/h2-12H,13-19H2,1H3. The van der Waals surface area contributed by atoms with Crippen LogP contribution in [0.4, 0.5) is 5.69 Å². The van der Waals surface area contributed by atoms with Crippen LogP contribution < -0.4 is 9.64 Å². The van der Waals surface area contributed by atoms with Gasteiger partial charge in [-0.25, -0.2) is 0 Å². The average Bonchev–Trinajstić information content (AvgIpc) is 3.24. The van der Waals surface area contributed by atoms with Crippen molar-refractivity contribution in [2.24, 2.45) is 0 Å². The van der Waals surface area contributed by atoms with Crippen molar-refractivity contribution in [3.8, 4) is 5.75 Å². The Morgan fingerprint density at radius 1 is 1.00 bits per heavy atom. The number of anilines is 1. The molecule has 1 aromatic heterocycles. The first-order valence-corrected chi connectivity index (χ1v) is 11.8. The minimum Gasteiger partial charge on any atom is -0.490 e. The highest BCUT2D eigenvalue weighted by molar-refractivity contribution is 7.11. The molecule has 32 heavy (non-hydrogen) atoms. The van der Waals surface area contributed by atoms with Crippen molar-refractivity contribution < 1.29 is 14.3 Å². The van der Waals surface area contributed by atoms with E-state index < -0.39 is 0 Å². The molecule has 2 amide bonds. The van der Waals surface area contributed by atoms with Crippen LogP contribution >= 0.6 is 11.3 Å². The Bertz CT molecular complexity index is 1060. The van der Waals surface area contributed by atoms with Gasteiger partial charge in [0.15, 0.2) is 0 Å². The number of carbonyl (C=O) groups is 2. The number of benzene rings is 2. The van der Waals surface area contributed by atoms with Crippen molar-refractivity contribution in [1.82, 2.24) is 4.90 Å². The summed E-state index contributed by atoms with van der Waals surface area (Å²) in [5.41, 5.74) is 1.99. The highest BCUT2D eigenvalue weighted by Crippen LogP contribution is 2.31. The summed E-state index contributed by atoms with van der Waals surface area (Å²) < 4.78 is 5.64. The van der Waals surface area contributed by atoms with Crippen LogP contribution in [0.2, 0.25) is 0 Å². The fraction of sp³-hybridized carbons (Fsp3) is 0.308. The Labute approximate surface area is 193 Å². The molecule has 0 atom stereocenters. The average molecular weight is 449 g/mol. The lowest BCUT2D eigenvalue weighted by atomic mass is 10.1. The molecule has 0 N–H and O–H groups in total. The predicted molar refractivity (Wildman–Crippen MR) is 128 cm³/mol. The van der Waals surface area contributed by atoms with Gasteiger partial charge in [-0.2, -0.15) is 0 Å². The number of aryl methyl sites for hydroxylation is 1. The molecule has 0 spiro atoms. The zero-order chi connectivity index (χ0) is 22.3. The quantitative estimate of drug-likeness (QED) is 0.496. The van der Waals surface area contributed by atoms with Gasteiger partial charge in [-0.1, -0.05) is 42.5 Å². The molecule has 4 rings (SSSR count). The van der Waals surface area contributed by atoms with Crippen molar-refractivity contribution in [2.75, 3.05) is 24.6 Å². The summed E-state index contributed by atoms with van der Waals surface area (Å²) in [4.78, 5) is 32.1. The van der Waals surface area contributed by atoms with E-state index in [2.05, 4.69) is 31.2 Å². The fourth-order valence-electron chi connectivity index (χ4n) is 3.89. The molecule has 2 heterocycles. The number of ether oxygens (including phenoxy) is 1. The Morgan fingerprint density at radius 2 is 1.78 bits per heavy atom. The summed E-state index contributed by atoms with van der Waals surface area (Å²) in [6.45, 7) is 4.27. The van der Waals surface area contributed by atoms with Gasteiger partial charge in [-0.15, -0.1) is 11.3 Å². The maximum atomic E-state index is 13.1. The topological polar surface area (TPSA) is 49.9 Å². The molecule has 0 radical (unpaired) electrons. The van der Waals surface area contributed by atoms with Gasteiger partial charge >= 0.3 is 0 Å². The number of para-hydroxylation sites is 2. The van der Waals surface area contributed by atoms with Gasteiger partial charge in [0, 0.05) is 29.1 Å². The van der Waals surface area contributed by atoms with E-state index in [1.807, 2.05) is 47.4 Å². The van der Waals surface area contributed by atoms with Crippen LogP contribution in [0.15, 0.2) is 66.7 Å². The van der Waals surface area contributed by atoms with Crippen molar-refractivity contribution >= 4 is 28.8 Å². The lowest BCUT2D eigenvalue weighted by Gasteiger charge is -2.29. The molecule has 3 aromatic rings. The zero-order valence-corrected chi connectivity index (χ0v) is 19.1. The molecule has 1 aliphatic heterocycles. The first-order valence-electron chi connectivity index (χ1n) is 11.0. The summed E-state index contributed by atoms with van der Waals surface area (Å²) >= 11 is 1.71. The molecule has 0 bridgehead atoms. The van der Waals surface area contributed by atoms with E-state index in [0.29, 0.717) is 26.2 Å². The second-order valence-electron chi connectivity index (χ2n) is 7.92. The third-order valence-electron chi connectivity index (χ3n) is 5.59. The molecule has 0 saturated heterocycles. The highest BCUT2D eigenvalue weighted by Gasteiger charge is 2.24. The normalized spacial score (nSPS) is 12.7. The van der Waals surface area contributed by atoms with Gasteiger partial charge in [-0.3, -0.25) is 9.59 Å². The fourth-order valence-corrected chi connectivity index (χ4v) is 4.80. The first kappa shape index (κ1) is 22.1. The van der Waals surface area contributed by atoms with Gasteiger partial charge < -0.3 is 14.5 Å². The number of amides is 2. The lowest BCUT2D eigenvalue weighted by Crippen LogP contribution is -2.39. The van der Waals surface area contributed by atoms with Crippen LogP contribution in [0.5, 0.6) is 5.75 Å². The van der Waals surface area contributed by atoms with Crippen molar-refractivity contribution in [1.29, 1.82) is 0 Å². The third-order valence-corrected chi connectivity index (χ3v) is 6.58. The Morgan fingerprint density at radius 3 is 2.56 bits per heavy atom. The third kappa shape index (κ3) is 5.56. The van der Waals surface area contributed by atoms with Crippen LogP contribution in [-0.4, -0.2) is 36.4 Å². The Hall–Kier alpha value is -3.12. The van der Waals surface area contributed by atoms with E-state index in [0.717, 1.165) is 22.7 Å². The molecule has 0 aliphatic carbocycles. The van der Waals surface area contributed by atoms with Gasteiger partial charge in [-0.05, 0) is 43.2 Å². The SMILES string of the molecule is Cc1ccc(CN(CCc2ccccc2)C(=O)CCC(=O)N2CCOc3ccccc32)s1. The maximum absolute atomic E-state index is 13.1. The second kappa shape index (κ2) is 10.5. The number of hydrogen-bond donors (Lipinski definition) is 0. The zero-order valence-electron chi connectivity index (χ0n) is 18.3. The molecule has 5 nitrogen and oxygen atoms in total. The van der Waals surface area contributed by atoms with E-state index in [1.165, 1.54) is 10.4 Å². The molecule has 2 aromatic carbocycles. The van der Waals surface area contributed by atoms with Crippen LogP contribution in [0.25, 0.3) is 0 Å². The summed E-state index contributed by atoms with van der Waals surface area (Å²) in [7, 11) is 0. The van der Waals surface area contributed by atoms with Gasteiger partial charge in [0.05, 0.1) is 18.8 Å². The largest absolute Gasteiger partial charge is 0.490 e. The van der Waals surface area contributed by atoms with Gasteiger partial charge in [0.1, 0.15) is 12.4 Å². The lowest BCUT2D eigenvalue weighted by molar-refractivity contribution is -0.133. The molecule has 6 heteroatoms. The number of fused-ring (bicyclic) bond motifs is 1. The molecule has 0 saturated carbocycles. The van der Waals surface area contributed by atoms with Gasteiger partial charge in [0.2, 0.25) is 11.8 Å². The molecule has 0 fully saturated rings.